The van der Waals surface area contributed by atoms with E-state index in [1.165, 1.54) is 11.1 Å². The molecule has 0 heterocycles. The lowest BCUT2D eigenvalue weighted by Gasteiger charge is -2.26. The Morgan fingerprint density at radius 3 is 3.12 bits per heavy atom. The number of hydrogen-bond donors (Lipinski definition) is 2. The van der Waals surface area contributed by atoms with Crippen molar-refractivity contribution in [2.75, 3.05) is 5.73 Å². The third-order valence-electron chi connectivity index (χ3n) is 3.12. The van der Waals surface area contributed by atoms with E-state index in [4.69, 9.17) is 5.73 Å². The molecule has 1 atom stereocenters. The summed E-state index contributed by atoms with van der Waals surface area (Å²) in [7, 11) is 0. The van der Waals surface area contributed by atoms with Gasteiger partial charge in [0.05, 0.1) is 6.04 Å². The van der Waals surface area contributed by atoms with Crippen LogP contribution in [-0.2, 0) is 11.2 Å². The van der Waals surface area contributed by atoms with Gasteiger partial charge in [0.2, 0.25) is 5.91 Å². The van der Waals surface area contributed by atoms with Crippen molar-refractivity contribution >= 4 is 11.6 Å². The minimum atomic E-state index is -0.0258. The number of allylic oxidation sites excluding steroid dienone is 1. The molecule has 2 rings (SSSR count). The molecule has 3 nitrogen and oxygen atoms in total. The summed E-state index contributed by atoms with van der Waals surface area (Å²) < 4.78 is 0. The highest BCUT2D eigenvalue weighted by atomic mass is 16.1. The van der Waals surface area contributed by atoms with Crippen molar-refractivity contribution in [3.63, 3.8) is 0 Å². The van der Waals surface area contributed by atoms with Crippen molar-refractivity contribution in [1.82, 2.24) is 5.32 Å². The number of rotatable bonds is 2. The molecule has 0 saturated carbocycles. The summed E-state index contributed by atoms with van der Waals surface area (Å²) in [5, 5.41) is 3.03. The molecule has 90 valence electrons. The highest BCUT2D eigenvalue weighted by Crippen LogP contribution is 2.30. The number of nitrogen functional groups attached to an aromatic ring is 1. The first-order chi connectivity index (χ1) is 8.20. The van der Waals surface area contributed by atoms with E-state index in [0.717, 1.165) is 24.9 Å². The van der Waals surface area contributed by atoms with Crippen LogP contribution in [0.15, 0.2) is 30.4 Å². The lowest BCUT2D eigenvalue weighted by atomic mass is 9.87. The maximum Gasteiger partial charge on any atom is 0.244 e. The standard InChI is InChI=1S/C14H18N2O/c1-2-4-14(17)16-13-6-3-5-10-9-11(15)7-8-12(10)13/h2,4,7-9,13H,3,5-6,15H2,1H3,(H,16,17)/b4-2+. The van der Waals surface area contributed by atoms with Crippen LogP contribution >= 0.6 is 0 Å². The van der Waals surface area contributed by atoms with Crippen molar-refractivity contribution in [3.8, 4) is 0 Å². The number of nitrogens with one attached hydrogen (secondary N) is 1. The number of amides is 1. The Bertz CT molecular complexity index is 452. The molecular formula is C14H18N2O. The number of carbonyl (C=O) groups excluding carboxylic acids is 1. The highest BCUT2D eigenvalue weighted by molar-refractivity contribution is 5.87. The van der Waals surface area contributed by atoms with Crippen LogP contribution < -0.4 is 11.1 Å². The first kappa shape index (κ1) is 11.7. The molecule has 0 aliphatic heterocycles. The molecule has 0 saturated heterocycles. The Labute approximate surface area is 102 Å². The number of aryl methyl sites for hydroxylation is 1. The minimum absolute atomic E-state index is 0.0258. The third kappa shape index (κ3) is 2.67. The summed E-state index contributed by atoms with van der Waals surface area (Å²) in [6, 6.07) is 6.08. The van der Waals surface area contributed by atoms with Gasteiger partial charge in [-0.05, 0) is 55.5 Å². The summed E-state index contributed by atoms with van der Waals surface area (Å²) in [5.41, 5.74) is 9.05. The molecule has 3 heteroatoms. The highest BCUT2D eigenvalue weighted by Gasteiger charge is 2.20. The van der Waals surface area contributed by atoms with E-state index in [1.54, 1.807) is 12.2 Å². The van der Waals surface area contributed by atoms with Crippen LogP contribution in [0.3, 0.4) is 0 Å². The zero-order chi connectivity index (χ0) is 12.3. The van der Waals surface area contributed by atoms with Gasteiger partial charge in [0.25, 0.3) is 0 Å². The van der Waals surface area contributed by atoms with Gasteiger partial charge in [-0.25, -0.2) is 0 Å². The van der Waals surface area contributed by atoms with Crippen molar-refractivity contribution in [1.29, 1.82) is 0 Å². The van der Waals surface area contributed by atoms with E-state index in [-0.39, 0.29) is 11.9 Å². The lowest BCUT2D eigenvalue weighted by molar-refractivity contribution is -0.117. The van der Waals surface area contributed by atoms with Gasteiger partial charge < -0.3 is 11.1 Å². The third-order valence-corrected chi connectivity index (χ3v) is 3.12. The number of benzene rings is 1. The summed E-state index contributed by atoms with van der Waals surface area (Å²) >= 11 is 0. The van der Waals surface area contributed by atoms with Gasteiger partial charge in [0, 0.05) is 5.69 Å². The first-order valence-corrected chi connectivity index (χ1v) is 6.02. The molecule has 1 aliphatic carbocycles. The normalized spacial score (nSPS) is 19.0. The molecular weight excluding hydrogens is 212 g/mol. The Balaban J connectivity index is 2.20. The van der Waals surface area contributed by atoms with Gasteiger partial charge in [-0.1, -0.05) is 12.1 Å². The maximum atomic E-state index is 11.6. The van der Waals surface area contributed by atoms with Crippen LogP contribution in [0.2, 0.25) is 0 Å². The molecule has 0 bridgehead atoms. The van der Waals surface area contributed by atoms with Crippen molar-refractivity contribution < 1.29 is 4.79 Å². The number of anilines is 1. The van der Waals surface area contributed by atoms with Crippen LogP contribution in [0.4, 0.5) is 5.69 Å². The SMILES string of the molecule is C/C=C/C(=O)NC1CCCc2cc(N)ccc21. The first-order valence-electron chi connectivity index (χ1n) is 6.02. The zero-order valence-electron chi connectivity index (χ0n) is 10.1. The van der Waals surface area contributed by atoms with Gasteiger partial charge in [-0.15, -0.1) is 0 Å². The summed E-state index contributed by atoms with van der Waals surface area (Å²) in [5.74, 6) is -0.0258. The number of carbonyl (C=O) groups is 1. The van der Waals surface area contributed by atoms with Crippen LogP contribution in [0, 0.1) is 0 Å². The van der Waals surface area contributed by atoms with Crippen LogP contribution in [0.25, 0.3) is 0 Å². The molecule has 0 spiro atoms. The Kier molecular flexibility index (Phi) is 3.47. The Hall–Kier alpha value is -1.77. The van der Waals surface area contributed by atoms with Crippen molar-refractivity contribution in [3.05, 3.63) is 41.5 Å². The van der Waals surface area contributed by atoms with Crippen LogP contribution in [0.1, 0.15) is 36.9 Å². The molecule has 0 radical (unpaired) electrons. The van der Waals surface area contributed by atoms with E-state index in [2.05, 4.69) is 5.32 Å². The topological polar surface area (TPSA) is 55.1 Å². The van der Waals surface area contributed by atoms with Gasteiger partial charge >= 0.3 is 0 Å². The second kappa shape index (κ2) is 5.04. The van der Waals surface area contributed by atoms with Crippen LogP contribution in [0.5, 0.6) is 0 Å². The molecule has 1 aliphatic rings. The summed E-state index contributed by atoms with van der Waals surface area (Å²) in [4.78, 5) is 11.6. The van der Waals surface area contributed by atoms with E-state index in [0.29, 0.717) is 0 Å². The van der Waals surface area contributed by atoms with Crippen molar-refractivity contribution in [2.24, 2.45) is 0 Å². The zero-order valence-corrected chi connectivity index (χ0v) is 10.1. The predicted molar refractivity (Wildman–Crippen MR) is 69.5 cm³/mol. The fourth-order valence-corrected chi connectivity index (χ4v) is 2.36. The quantitative estimate of drug-likeness (QED) is 0.605. The fourth-order valence-electron chi connectivity index (χ4n) is 2.36. The minimum Gasteiger partial charge on any atom is -0.399 e. The molecule has 1 aromatic carbocycles. The van der Waals surface area contributed by atoms with Gasteiger partial charge in [-0.3, -0.25) is 4.79 Å². The van der Waals surface area contributed by atoms with Gasteiger partial charge in [0.15, 0.2) is 0 Å². The monoisotopic (exact) mass is 230 g/mol. The molecule has 0 fully saturated rings. The largest absolute Gasteiger partial charge is 0.399 e. The molecule has 1 unspecified atom stereocenters. The van der Waals surface area contributed by atoms with E-state index < -0.39 is 0 Å². The Morgan fingerprint density at radius 1 is 1.53 bits per heavy atom. The molecule has 0 aromatic heterocycles. The molecule has 17 heavy (non-hydrogen) atoms. The fraction of sp³-hybridized carbons (Fsp3) is 0.357. The number of nitrogens with two attached hydrogens (primary N) is 1. The second-order valence-electron chi connectivity index (χ2n) is 4.41. The maximum absolute atomic E-state index is 11.6. The molecule has 1 aromatic rings. The van der Waals surface area contributed by atoms with E-state index in [9.17, 15) is 4.79 Å². The molecule has 3 N–H and O–H groups in total. The van der Waals surface area contributed by atoms with E-state index >= 15 is 0 Å². The van der Waals surface area contributed by atoms with E-state index in [1.807, 2.05) is 25.1 Å². The predicted octanol–water partition coefficient (Wildman–Crippen LogP) is 2.34. The van der Waals surface area contributed by atoms with Gasteiger partial charge in [-0.2, -0.15) is 0 Å². The number of fused-ring (bicyclic) bond motifs is 1. The number of hydrogen-bond acceptors (Lipinski definition) is 2. The average Bonchev–Trinajstić information content (AvgIpc) is 2.29. The Morgan fingerprint density at radius 2 is 2.35 bits per heavy atom. The van der Waals surface area contributed by atoms with Gasteiger partial charge in [0.1, 0.15) is 0 Å². The van der Waals surface area contributed by atoms with Crippen LogP contribution in [-0.4, -0.2) is 5.91 Å². The second-order valence-corrected chi connectivity index (χ2v) is 4.41. The summed E-state index contributed by atoms with van der Waals surface area (Å²) in [6.45, 7) is 1.84. The average molecular weight is 230 g/mol. The smallest absolute Gasteiger partial charge is 0.244 e. The van der Waals surface area contributed by atoms with Crippen molar-refractivity contribution in [2.45, 2.75) is 32.2 Å². The lowest BCUT2D eigenvalue weighted by Crippen LogP contribution is -2.29. The summed E-state index contributed by atoms with van der Waals surface area (Å²) in [6.07, 6.45) is 6.46. The molecule has 1 amide bonds.